The summed E-state index contributed by atoms with van der Waals surface area (Å²) in [6.45, 7) is 0.266. The Bertz CT molecular complexity index is 1180. The third-order valence-corrected chi connectivity index (χ3v) is 4.98. The van der Waals surface area contributed by atoms with Gasteiger partial charge in [0.1, 0.15) is 6.61 Å². The van der Waals surface area contributed by atoms with E-state index in [2.05, 4.69) is 4.98 Å². The molecule has 5 rings (SSSR count). The van der Waals surface area contributed by atoms with Crippen LogP contribution in [0.3, 0.4) is 0 Å². The number of esters is 1. The number of hydrogen-bond acceptors (Lipinski definition) is 4. The van der Waals surface area contributed by atoms with Gasteiger partial charge in [-0.25, -0.2) is 13.8 Å². The second kappa shape index (κ2) is 5.20. The number of benzene rings is 1. The molecule has 0 fully saturated rings. The number of pyridine rings is 2. The highest BCUT2D eigenvalue weighted by atomic mass is 19.2. The Morgan fingerprint density at radius 2 is 1.81 bits per heavy atom. The standard InChI is InChI=1S/C19H12F2N2O3/c20-13-4-10-3-11-7-23-16(18(11)22-15(10)6-14(13)21)5-9-1-2-17(24)26-8-12(9)19(23)25/h3-6H,1-2,7-8H2. The van der Waals surface area contributed by atoms with E-state index in [4.69, 9.17) is 4.74 Å². The highest BCUT2D eigenvalue weighted by Crippen LogP contribution is 2.33. The second-order valence-electron chi connectivity index (χ2n) is 6.54. The lowest BCUT2D eigenvalue weighted by molar-refractivity contribution is -0.144. The van der Waals surface area contributed by atoms with Crippen molar-refractivity contribution in [3.63, 3.8) is 0 Å². The quantitative estimate of drug-likeness (QED) is 0.456. The van der Waals surface area contributed by atoms with Gasteiger partial charge in [0.05, 0.1) is 29.0 Å². The van der Waals surface area contributed by atoms with Crippen LogP contribution in [0.25, 0.3) is 22.3 Å². The molecule has 26 heavy (non-hydrogen) atoms. The summed E-state index contributed by atoms with van der Waals surface area (Å²) in [7, 11) is 0. The minimum atomic E-state index is -0.960. The van der Waals surface area contributed by atoms with Gasteiger partial charge in [0.25, 0.3) is 5.56 Å². The Kier molecular flexibility index (Phi) is 3.04. The maximum Gasteiger partial charge on any atom is 0.306 e. The van der Waals surface area contributed by atoms with Crippen molar-refractivity contribution in [2.45, 2.75) is 26.0 Å². The van der Waals surface area contributed by atoms with Gasteiger partial charge in [0.2, 0.25) is 0 Å². The van der Waals surface area contributed by atoms with Crippen LogP contribution in [0.2, 0.25) is 0 Å². The zero-order chi connectivity index (χ0) is 18.0. The Morgan fingerprint density at radius 3 is 2.65 bits per heavy atom. The van der Waals surface area contributed by atoms with Crippen LogP contribution in [0.1, 0.15) is 23.1 Å². The summed E-state index contributed by atoms with van der Waals surface area (Å²) < 4.78 is 33.7. The van der Waals surface area contributed by atoms with E-state index in [-0.39, 0.29) is 24.6 Å². The van der Waals surface area contributed by atoms with Crippen LogP contribution in [-0.2, 0) is 29.1 Å². The fourth-order valence-electron chi connectivity index (χ4n) is 3.66. The third kappa shape index (κ3) is 2.09. The Labute approximate surface area is 145 Å². The highest BCUT2D eigenvalue weighted by molar-refractivity contribution is 5.84. The molecule has 0 N–H and O–H groups in total. The van der Waals surface area contributed by atoms with Gasteiger partial charge in [-0.1, -0.05) is 0 Å². The molecule has 0 radical (unpaired) electrons. The van der Waals surface area contributed by atoms with Crippen LogP contribution < -0.4 is 5.56 Å². The summed E-state index contributed by atoms with van der Waals surface area (Å²) in [5, 5.41) is 0.485. The number of rotatable bonds is 0. The SMILES string of the molecule is O=C1CCc2cc3n(c(=O)c2CO1)Cc1cc2cc(F)c(F)cc2nc1-3. The van der Waals surface area contributed by atoms with Crippen LogP contribution in [-0.4, -0.2) is 15.5 Å². The first-order valence-electron chi connectivity index (χ1n) is 8.21. The van der Waals surface area contributed by atoms with E-state index in [9.17, 15) is 18.4 Å². The van der Waals surface area contributed by atoms with Crippen LogP contribution in [0.5, 0.6) is 0 Å². The van der Waals surface area contributed by atoms with Crippen LogP contribution in [0.4, 0.5) is 8.78 Å². The van der Waals surface area contributed by atoms with Gasteiger partial charge in [-0.05, 0) is 30.2 Å². The van der Waals surface area contributed by atoms with E-state index in [0.717, 1.165) is 23.3 Å². The molecule has 1 aromatic carbocycles. The summed E-state index contributed by atoms with van der Waals surface area (Å²) >= 11 is 0. The lowest BCUT2D eigenvalue weighted by atomic mass is 10.0. The molecule has 4 heterocycles. The smallest absolute Gasteiger partial charge is 0.306 e. The van der Waals surface area contributed by atoms with Crippen molar-refractivity contribution in [1.82, 2.24) is 9.55 Å². The zero-order valence-electron chi connectivity index (χ0n) is 13.5. The van der Waals surface area contributed by atoms with Crippen LogP contribution in [0, 0.1) is 11.6 Å². The van der Waals surface area contributed by atoms with Crippen molar-refractivity contribution in [2.24, 2.45) is 0 Å². The first-order chi connectivity index (χ1) is 12.5. The number of aryl methyl sites for hydroxylation is 1. The second-order valence-corrected chi connectivity index (χ2v) is 6.54. The molecule has 7 heteroatoms. The Balaban J connectivity index is 1.74. The largest absolute Gasteiger partial charge is 0.461 e. The van der Waals surface area contributed by atoms with Crippen molar-refractivity contribution >= 4 is 16.9 Å². The molecular formula is C19H12F2N2O3. The molecule has 3 aromatic rings. The number of fused-ring (bicyclic) bond motifs is 5. The minimum Gasteiger partial charge on any atom is -0.461 e. The summed E-state index contributed by atoms with van der Waals surface area (Å²) in [5.74, 6) is -2.22. The van der Waals surface area contributed by atoms with Crippen molar-refractivity contribution in [3.8, 4) is 11.4 Å². The molecule has 5 nitrogen and oxygen atoms in total. The Morgan fingerprint density at radius 1 is 1.00 bits per heavy atom. The van der Waals surface area contributed by atoms with Crippen LogP contribution in [0.15, 0.2) is 29.1 Å². The molecule has 2 aromatic heterocycles. The number of halogens is 2. The topological polar surface area (TPSA) is 61.2 Å². The lowest BCUT2D eigenvalue weighted by Gasteiger charge is -2.09. The van der Waals surface area contributed by atoms with E-state index in [1.165, 1.54) is 0 Å². The van der Waals surface area contributed by atoms with Crippen molar-refractivity contribution < 1.29 is 18.3 Å². The van der Waals surface area contributed by atoms with Gasteiger partial charge >= 0.3 is 5.97 Å². The van der Waals surface area contributed by atoms with E-state index in [1.54, 1.807) is 10.6 Å². The minimum absolute atomic E-state index is 0.0323. The average Bonchev–Trinajstić information content (AvgIpc) is 2.84. The van der Waals surface area contributed by atoms with Gasteiger partial charge in [0, 0.05) is 23.4 Å². The van der Waals surface area contributed by atoms with Gasteiger partial charge in [-0.3, -0.25) is 9.59 Å². The van der Waals surface area contributed by atoms with Gasteiger partial charge in [-0.2, -0.15) is 0 Å². The summed E-state index contributed by atoms with van der Waals surface area (Å²) in [5.41, 5.74) is 3.35. The number of carbonyl (C=O) groups excluding carboxylic acids is 1. The van der Waals surface area contributed by atoms with Crippen molar-refractivity contribution in [1.29, 1.82) is 0 Å². The monoisotopic (exact) mass is 354 g/mol. The highest BCUT2D eigenvalue weighted by Gasteiger charge is 2.27. The molecule has 2 aliphatic heterocycles. The van der Waals surface area contributed by atoms with E-state index in [1.807, 2.05) is 6.07 Å². The summed E-state index contributed by atoms with van der Waals surface area (Å²) in [4.78, 5) is 28.8. The van der Waals surface area contributed by atoms with Gasteiger partial charge in [0.15, 0.2) is 11.6 Å². The molecular weight excluding hydrogens is 342 g/mol. The number of hydrogen-bond donors (Lipinski definition) is 0. The number of ether oxygens (including phenoxy) is 1. The predicted octanol–water partition coefficient (Wildman–Crippen LogP) is 2.69. The predicted molar refractivity (Wildman–Crippen MR) is 88.6 cm³/mol. The fraction of sp³-hybridized carbons (Fsp3) is 0.211. The molecule has 0 aliphatic carbocycles. The number of aromatic nitrogens is 2. The van der Waals surface area contributed by atoms with Gasteiger partial charge < -0.3 is 9.30 Å². The molecule has 0 saturated heterocycles. The maximum atomic E-state index is 13.6. The third-order valence-electron chi connectivity index (χ3n) is 4.98. The van der Waals surface area contributed by atoms with E-state index >= 15 is 0 Å². The molecule has 0 amide bonds. The molecule has 0 atom stereocenters. The van der Waals surface area contributed by atoms with Crippen molar-refractivity contribution in [3.05, 3.63) is 62.9 Å². The maximum absolute atomic E-state index is 13.6. The molecule has 2 aliphatic rings. The molecule has 0 unspecified atom stereocenters. The average molecular weight is 354 g/mol. The van der Waals surface area contributed by atoms with E-state index in [0.29, 0.717) is 40.8 Å². The number of cyclic esters (lactones) is 1. The first kappa shape index (κ1) is 15.2. The molecule has 0 bridgehead atoms. The van der Waals surface area contributed by atoms with Crippen molar-refractivity contribution in [2.75, 3.05) is 0 Å². The van der Waals surface area contributed by atoms with E-state index < -0.39 is 11.6 Å². The zero-order valence-corrected chi connectivity index (χ0v) is 13.5. The first-order valence-corrected chi connectivity index (χ1v) is 8.21. The Hall–Kier alpha value is -3.09. The molecule has 0 saturated carbocycles. The summed E-state index contributed by atoms with van der Waals surface area (Å²) in [6, 6.07) is 5.75. The molecule has 0 spiro atoms. The molecule has 130 valence electrons. The van der Waals surface area contributed by atoms with Crippen LogP contribution >= 0.6 is 0 Å². The number of nitrogens with zero attached hydrogens (tertiary/aromatic N) is 2. The normalized spacial score (nSPS) is 15.2. The van der Waals surface area contributed by atoms with Gasteiger partial charge in [-0.15, -0.1) is 0 Å². The number of carbonyl (C=O) groups is 1. The lowest BCUT2D eigenvalue weighted by Crippen LogP contribution is -2.24. The fourth-order valence-corrected chi connectivity index (χ4v) is 3.66. The summed E-state index contributed by atoms with van der Waals surface area (Å²) in [6.07, 6.45) is 0.651.